The molecule has 1 aromatic rings. The molecule has 14 heavy (non-hydrogen) atoms. The summed E-state index contributed by atoms with van der Waals surface area (Å²) in [6.07, 6.45) is -1.55. The van der Waals surface area contributed by atoms with E-state index in [4.69, 9.17) is 22.1 Å². The van der Waals surface area contributed by atoms with Gasteiger partial charge in [0.05, 0.1) is 7.11 Å². The zero-order chi connectivity index (χ0) is 10.7. The Hall–Kier alpha value is -0.940. The molecule has 0 aromatic carbocycles. The first-order chi connectivity index (χ1) is 6.61. The summed E-state index contributed by atoms with van der Waals surface area (Å²) in [7, 11) is 1.34. The highest BCUT2D eigenvalue weighted by Gasteiger charge is 2.19. The van der Waals surface area contributed by atoms with Crippen LogP contribution < -0.4 is 10.5 Å². The number of aromatic nitrogens is 1. The van der Waals surface area contributed by atoms with Crippen molar-refractivity contribution in [3.05, 3.63) is 22.5 Å². The maximum atomic E-state index is 12.4. The van der Waals surface area contributed by atoms with Crippen LogP contribution in [0.1, 0.15) is 17.7 Å². The minimum atomic E-state index is -2.68. The summed E-state index contributed by atoms with van der Waals surface area (Å²) in [5.74, 6) is 0.166. The molecule has 0 fully saturated rings. The van der Waals surface area contributed by atoms with Crippen molar-refractivity contribution >= 4 is 11.6 Å². The average molecular weight is 223 g/mol. The third-order valence-corrected chi connectivity index (χ3v) is 2.00. The van der Waals surface area contributed by atoms with Gasteiger partial charge in [-0.25, -0.2) is 8.78 Å². The number of hydrogen-bond donors (Lipinski definition) is 1. The Morgan fingerprint density at radius 1 is 1.64 bits per heavy atom. The maximum Gasteiger partial charge on any atom is 0.280 e. The van der Waals surface area contributed by atoms with Crippen LogP contribution in [0, 0.1) is 0 Å². The van der Waals surface area contributed by atoms with Gasteiger partial charge in [0.1, 0.15) is 16.5 Å². The van der Waals surface area contributed by atoms with E-state index in [9.17, 15) is 8.78 Å². The number of nitrogens with two attached hydrogens (primary N) is 1. The third-order valence-electron chi connectivity index (χ3n) is 1.73. The molecule has 0 amide bonds. The number of nitrogens with zero attached hydrogens (tertiary/aromatic N) is 1. The smallest absolute Gasteiger partial charge is 0.280 e. The molecule has 0 atom stereocenters. The highest BCUT2D eigenvalue weighted by molar-refractivity contribution is 6.32. The van der Waals surface area contributed by atoms with Crippen LogP contribution in [0.5, 0.6) is 5.75 Å². The van der Waals surface area contributed by atoms with Gasteiger partial charge in [-0.3, -0.25) is 4.98 Å². The largest absolute Gasteiger partial charge is 0.495 e. The Balaban J connectivity index is 3.33. The number of pyridine rings is 1. The predicted octanol–water partition coefficient (Wildman–Crippen LogP) is 2.14. The Bertz CT molecular complexity index is 333. The van der Waals surface area contributed by atoms with E-state index in [1.165, 1.54) is 7.11 Å². The first-order valence-electron chi connectivity index (χ1n) is 3.81. The summed E-state index contributed by atoms with van der Waals surface area (Å²) in [6.45, 7) is -0.0869. The first kappa shape index (κ1) is 11.1. The number of hydrogen-bond acceptors (Lipinski definition) is 3. The van der Waals surface area contributed by atoms with E-state index in [1.807, 2.05) is 0 Å². The van der Waals surface area contributed by atoms with E-state index < -0.39 is 6.43 Å². The fourth-order valence-corrected chi connectivity index (χ4v) is 1.37. The number of methoxy groups -OCH3 is 1. The van der Waals surface area contributed by atoms with E-state index in [-0.39, 0.29) is 28.6 Å². The highest BCUT2D eigenvalue weighted by Crippen LogP contribution is 2.33. The van der Waals surface area contributed by atoms with Crippen molar-refractivity contribution in [2.75, 3.05) is 7.11 Å². The summed E-state index contributed by atoms with van der Waals surface area (Å²) in [6, 6.07) is 0. The second-order valence-corrected chi connectivity index (χ2v) is 2.92. The molecule has 6 heteroatoms. The summed E-state index contributed by atoms with van der Waals surface area (Å²) in [4.78, 5) is 3.52. The normalized spacial score (nSPS) is 10.7. The number of alkyl halides is 2. The molecule has 0 unspecified atom stereocenters. The molecule has 78 valence electrons. The van der Waals surface area contributed by atoms with Crippen molar-refractivity contribution in [1.82, 2.24) is 4.98 Å². The molecular formula is C8H9ClF2N2O. The van der Waals surface area contributed by atoms with Gasteiger partial charge in [0.15, 0.2) is 0 Å². The highest BCUT2D eigenvalue weighted by atomic mass is 35.5. The topological polar surface area (TPSA) is 48.1 Å². The van der Waals surface area contributed by atoms with Gasteiger partial charge in [-0.1, -0.05) is 11.6 Å². The van der Waals surface area contributed by atoms with Gasteiger partial charge < -0.3 is 10.5 Å². The van der Waals surface area contributed by atoms with Crippen molar-refractivity contribution in [3.8, 4) is 5.75 Å². The van der Waals surface area contributed by atoms with Crippen LogP contribution in [0.15, 0.2) is 6.20 Å². The molecule has 2 N–H and O–H groups in total. The van der Waals surface area contributed by atoms with Crippen LogP contribution >= 0.6 is 11.6 Å². The minimum Gasteiger partial charge on any atom is -0.495 e. The van der Waals surface area contributed by atoms with Crippen LogP contribution in [0.4, 0.5) is 8.78 Å². The van der Waals surface area contributed by atoms with Gasteiger partial charge in [0, 0.05) is 18.3 Å². The molecule has 1 rings (SSSR count). The van der Waals surface area contributed by atoms with Crippen LogP contribution in [-0.4, -0.2) is 12.1 Å². The van der Waals surface area contributed by atoms with Crippen LogP contribution in [0.3, 0.4) is 0 Å². The monoisotopic (exact) mass is 222 g/mol. The van der Waals surface area contributed by atoms with E-state index in [2.05, 4.69) is 4.98 Å². The second kappa shape index (κ2) is 4.52. The Morgan fingerprint density at radius 2 is 2.29 bits per heavy atom. The summed E-state index contributed by atoms with van der Waals surface area (Å²) >= 11 is 5.70. The van der Waals surface area contributed by atoms with E-state index in [0.29, 0.717) is 0 Å². The summed E-state index contributed by atoms with van der Waals surface area (Å²) in [5.41, 5.74) is 5.09. The van der Waals surface area contributed by atoms with Gasteiger partial charge in [0.25, 0.3) is 6.43 Å². The van der Waals surface area contributed by atoms with Crippen molar-refractivity contribution < 1.29 is 13.5 Å². The lowest BCUT2D eigenvalue weighted by molar-refractivity contribution is 0.144. The maximum absolute atomic E-state index is 12.4. The lowest BCUT2D eigenvalue weighted by Gasteiger charge is -2.12. The lowest BCUT2D eigenvalue weighted by Crippen LogP contribution is -2.07. The van der Waals surface area contributed by atoms with Crippen molar-refractivity contribution in [2.45, 2.75) is 13.0 Å². The van der Waals surface area contributed by atoms with Gasteiger partial charge in [-0.15, -0.1) is 0 Å². The minimum absolute atomic E-state index is 0.0869. The Kier molecular flexibility index (Phi) is 3.60. The zero-order valence-corrected chi connectivity index (χ0v) is 8.18. The van der Waals surface area contributed by atoms with Gasteiger partial charge in [-0.05, 0) is 0 Å². The molecule has 3 nitrogen and oxygen atoms in total. The van der Waals surface area contributed by atoms with Crippen molar-refractivity contribution in [1.29, 1.82) is 0 Å². The molecule has 0 aliphatic rings. The van der Waals surface area contributed by atoms with Crippen molar-refractivity contribution in [3.63, 3.8) is 0 Å². The molecular weight excluding hydrogens is 214 g/mol. The summed E-state index contributed by atoms with van der Waals surface area (Å²) < 4.78 is 29.8. The molecule has 0 aliphatic heterocycles. The lowest BCUT2D eigenvalue weighted by atomic mass is 10.2. The molecule has 0 bridgehead atoms. The Morgan fingerprint density at radius 3 is 2.71 bits per heavy atom. The third kappa shape index (κ3) is 1.93. The molecule has 0 saturated heterocycles. The molecule has 0 saturated carbocycles. The SMILES string of the molecule is COc1c(Cl)cnc(C(F)F)c1CN. The van der Waals surface area contributed by atoms with Crippen molar-refractivity contribution in [2.24, 2.45) is 5.73 Å². The number of rotatable bonds is 3. The van der Waals surface area contributed by atoms with E-state index in [1.54, 1.807) is 0 Å². The van der Waals surface area contributed by atoms with Crippen LogP contribution in [0.25, 0.3) is 0 Å². The molecule has 0 spiro atoms. The van der Waals surface area contributed by atoms with Gasteiger partial charge in [0.2, 0.25) is 0 Å². The van der Waals surface area contributed by atoms with E-state index in [0.717, 1.165) is 6.20 Å². The van der Waals surface area contributed by atoms with Gasteiger partial charge in [-0.2, -0.15) is 0 Å². The fourth-order valence-electron chi connectivity index (χ4n) is 1.13. The van der Waals surface area contributed by atoms with Crippen LogP contribution in [-0.2, 0) is 6.54 Å². The number of halogens is 3. The summed E-state index contributed by atoms with van der Waals surface area (Å²) in [5, 5.41) is 0.178. The predicted molar refractivity (Wildman–Crippen MR) is 48.6 cm³/mol. The quantitative estimate of drug-likeness (QED) is 0.853. The molecule has 1 aromatic heterocycles. The van der Waals surface area contributed by atoms with E-state index >= 15 is 0 Å². The second-order valence-electron chi connectivity index (χ2n) is 2.51. The average Bonchev–Trinajstić information content (AvgIpc) is 2.16. The van der Waals surface area contributed by atoms with Gasteiger partial charge >= 0.3 is 0 Å². The standard InChI is InChI=1S/C8H9ClF2N2O/c1-14-7-4(2-12)6(8(10)11)13-3-5(7)9/h3,8H,2,12H2,1H3. The first-order valence-corrected chi connectivity index (χ1v) is 4.19. The number of ether oxygens (including phenoxy) is 1. The molecule has 1 heterocycles. The molecule has 0 radical (unpaired) electrons. The Labute approximate surface area is 84.8 Å². The molecule has 0 aliphatic carbocycles. The van der Waals surface area contributed by atoms with Crippen LogP contribution in [0.2, 0.25) is 5.02 Å². The fraction of sp³-hybridized carbons (Fsp3) is 0.375. The zero-order valence-electron chi connectivity index (χ0n) is 7.43.